The smallest absolute Gasteiger partial charge is 0.258 e. The van der Waals surface area contributed by atoms with E-state index in [-0.39, 0.29) is 5.78 Å². The van der Waals surface area contributed by atoms with Crippen molar-refractivity contribution in [1.82, 2.24) is 10.1 Å². The molecule has 1 aliphatic heterocycles. The van der Waals surface area contributed by atoms with Crippen LogP contribution in [0.15, 0.2) is 45.6 Å². The van der Waals surface area contributed by atoms with Crippen LogP contribution in [0.4, 0.5) is 0 Å². The van der Waals surface area contributed by atoms with Gasteiger partial charge in [0.15, 0.2) is 5.78 Å². The summed E-state index contributed by atoms with van der Waals surface area (Å²) in [5, 5.41) is 4.06. The number of rotatable bonds is 6. The highest BCUT2D eigenvalue weighted by atomic mass is 16.5. The average molecular weight is 379 g/mol. The minimum atomic E-state index is -0.412. The number of aliphatic imine (C=N–C) groups is 1. The van der Waals surface area contributed by atoms with Gasteiger partial charge in [0, 0.05) is 16.8 Å². The lowest BCUT2D eigenvalue weighted by atomic mass is 9.85. The Hall–Kier alpha value is -3.02. The van der Waals surface area contributed by atoms with E-state index >= 15 is 0 Å². The lowest BCUT2D eigenvalue weighted by molar-refractivity contribution is 0.0350. The predicted octanol–water partition coefficient (Wildman–Crippen LogP) is 5.27. The maximum absolute atomic E-state index is 12.7. The summed E-state index contributed by atoms with van der Waals surface area (Å²) in [6, 6.07) is 5.41. The third-order valence-corrected chi connectivity index (χ3v) is 5.25. The molecule has 2 heterocycles. The number of allylic oxidation sites excluding steroid dienone is 4. The van der Waals surface area contributed by atoms with E-state index in [4.69, 9.17) is 9.26 Å². The SMILES string of the molecule is C=N/C(C)=C(\C=C/C)c1noc(-c2ccc3c(c2)C(=O)CC(CC)(CC)O3)n1. The summed E-state index contributed by atoms with van der Waals surface area (Å²) in [4.78, 5) is 21.2. The minimum Gasteiger partial charge on any atom is -0.486 e. The number of hydrogen-bond acceptors (Lipinski definition) is 6. The summed E-state index contributed by atoms with van der Waals surface area (Å²) in [5.74, 6) is 1.46. The monoisotopic (exact) mass is 379 g/mol. The van der Waals surface area contributed by atoms with Gasteiger partial charge >= 0.3 is 0 Å². The Morgan fingerprint density at radius 3 is 2.75 bits per heavy atom. The van der Waals surface area contributed by atoms with Gasteiger partial charge < -0.3 is 9.26 Å². The van der Waals surface area contributed by atoms with Crippen molar-refractivity contribution >= 4 is 18.1 Å². The largest absolute Gasteiger partial charge is 0.486 e. The van der Waals surface area contributed by atoms with Crippen LogP contribution in [0.25, 0.3) is 17.0 Å². The van der Waals surface area contributed by atoms with Crippen LogP contribution in [0.3, 0.4) is 0 Å². The number of aromatic nitrogens is 2. The number of benzene rings is 1. The molecule has 1 aromatic carbocycles. The summed E-state index contributed by atoms with van der Waals surface area (Å²) in [6.45, 7) is 11.4. The summed E-state index contributed by atoms with van der Waals surface area (Å²) in [5.41, 5.74) is 2.27. The van der Waals surface area contributed by atoms with Gasteiger partial charge in [-0.05, 0) is 51.6 Å². The molecule has 146 valence electrons. The molecule has 3 rings (SSSR count). The fourth-order valence-electron chi connectivity index (χ4n) is 3.33. The molecule has 28 heavy (non-hydrogen) atoms. The maximum atomic E-state index is 12.7. The number of ketones is 1. The first-order valence-corrected chi connectivity index (χ1v) is 9.48. The molecule has 1 aliphatic rings. The third-order valence-electron chi connectivity index (χ3n) is 5.25. The predicted molar refractivity (Wildman–Crippen MR) is 110 cm³/mol. The molecule has 1 aromatic heterocycles. The second-order valence-corrected chi connectivity index (χ2v) is 6.88. The second-order valence-electron chi connectivity index (χ2n) is 6.88. The van der Waals surface area contributed by atoms with Crippen molar-refractivity contribution in [2.24, 2.45) is 4.99 Å². The van der Waals surface area contributed by atoms with E-state index in [0.717, 1.165) is 18.4 Å². The fraction of sp³-hybridized carbons (Fsp3) is 0.364. The summed E-state index contributed by atoms with van der Waals surface area (Å²) >= 11 is 0. The van der Waals surface area contributed by atoms with E-state index in [2.05, 4.69) is 21.9 Å². The highest BCUT2D eigenvalue weighted by Gasteiger charge is 2.37. The van der Waals surface area contributed by atoms with Gasteiger partial charge in [0.05, 0.1) is 12.0 Å². The molecular weight excluding hydrogens is 354 g/mol. The Bertz CT molecular complexity index is 965. The molecule has 0 spiro atoms. The van der Waals surface area contributed by atoms with Gasteiger partial charge in [-0.2, -0.15) is 4.98 Å². The van der Waals surface area contributed by atoms with Crippen LogP contribution in [-0.4, -0.2) is 28.2 Å². The average Bonchev–Trinajstić information content (AvgIpc) is 3.20. The minimum absolute atomic E-state index is 0.0766. The fourth-order valence-corrected chi connectivity index (χ4v) is 3.33. The van der Waals surface area contributed by atoms with Gasteiger partial charge in [-0.3, -0.25) is 9.79 Å². The zero-order chi connectivity index (χ0) is 20.3. The van der Waals surface area contributed by atoms with E-state index in [9.17, 15) is 4.79 Å². The highest BCUT2D eigenvalue weighted by molar-refractivity contribution is 6.01. The molecule has 0 atom stereocenters. The topological polar surface area (TPSA) is 77.6 Å². The molecule has 0 unspecified atom stereocenters. The Kier molecular flexibility index (Phi) is 5.58. The molecule has 2 aromatic rings. The standard InChI is InChI=1S/C22H25N3O3/c1-6-9-16(14(4)23-5)20-24-21(28-25-20)15-10-11-19-17(12-15)18(26)13-22(7-2,8-3)27-19/h6,9-12H,5,7-8,13H2,1-4H3/b9-6-,16-14+. The molecular formula is C22H25N3O3. The first-order chi connectivity index (χ1) is 13.5. The molecule has 0 N–H and O–H groups in total. The van der Waals surface area contributed by atoms with Crippen molar-refractivity contribution in [3.05, 3.63) is 47.4 Å². The molecule has 6 heteroatoms. The van der Waals surface area contributed by atoms with Crippen LogP contribution < -0.4 is 4.74 Å². The van der Waals surface area contributed by atoms with Crippen LogP contribution in [0.2, 0.25) is 0 Å². The van der Waals surface area contributed by atoms with Crippen LogP contribution in [0, 0.1) is 0 Å². The lowest BCUT2D eigenvalue weighted by Crippen LogP contribution is -2.40. The molecule has 0 bridgehead atoms. The Balaban J connectivity index is 1.98. The molecule has 0 saturated heterocycles. The Morgan fingerprint density at radius 2 is 2.11 bits per heavy atom. The number of fused-ring (bicyclic) bond motifs is 1. The highest BCUT2D eigenvalue weighted by Crippen LogP contribution is 2.38. The molecule has 0 fully saturated rings. The van der Waals surface area contributed by atoms with Crippen molar-refractivity contribution in [1.29, 1.82) is 0 Å². The number of carbonyl (C=O) groups excluding carboxylic acids is 1. The second kappa shape index (κ2) is 7.92. The van der Waals surface area contributed by atoms with Crippen molar-refractivity contribution in [2.45, 2.75) is 52.6 Å². The van der Waals surface area contributed by atoms with Crippen LogP contribution >= 0.6 is 0 Å². The van der Waals surface area contributed by atoms with Crippen LogP contribution in [-0.2, 0) is 0 Å². The lowest BCUT2D eigenvalue weighted by Gasteiger charge is -2.36. The first-order valence-electron chi connectivity index (χ1n) is 9.48. The molecule has 0 radical (unpaired) electrons. The Labute approximate surface area is 165 Å². The van der Waals surface area contributed by atoms with Gasteiger partial charge in [-0.15, -0.1) is 0 Å². The van der Waals surface area contributed by atoms with Crippen LogP contribution in [0.1, 0.15) is 63.1 Å². The van der Waals surface area contributed by atoms with E-state index in [1.54, 1.807) is 6.07 Å². The van der Waals surface area contributed by atoms with E-state index < -0.39 is 5.60 Å². The number of hydrogen-bond donors (Lipinski definition) is 0. The number of nitrogens with zero attached hydrogens (tertiary/aromatic N) is 3. The van der Waals surface area contributed by atoms with Crippen molar-refractivity contribution in [3.63, 3.8) is 0 Å². The van der Waals surface area contributed by atoms with E-state index in [0.29, 0.717) is 40.7 Å². The molecule has 6 nitrogen and oxygen atoms in total. The van der Waals surface area contributed by atoms with Crippen LogP contribution in [0.5, 0.6) is 5.75 Å². The van der Waals surface area contributed by atoms with Gasteiger partial charge in [0.1, 0.15) is 11.4 Å². The zero-order valence-electron chi connectivity index (χ0n) is 16.8. The number of Topliss-reactive ketones (excluding diaryl/α,β-unsaturated/α-hetero) is 1. The summed E-state index contributed by atoms with van der Waals surface area (Å²) < 4.78 is 11.6. The number of carbonyl (C=O) groups is 1. The van der Waals surface area contributed by atoms with Gasteiger partial charge in [0.25, 0.3) is 5.89 Å². The molecule has 0 saturated carbocycles. The third kappa shape index (κ3) is 3.54. The summed E-state index contributed by atoms with van der Waals surface area (Å²) in [6.07, 6.45) is 5.70. The molecule has 0 amide bonds. The van der Waals surface area contributed by atoms with Crippen molar-refractivity contribution < 1.29 is 14.1 Å². The van der Waals surface area contributed by atoms with E-state index in [1.165, 1.54) is 0 Å². The Morgan fingerprint density at radius 1 is 1.36 bits per heavy atom. The van der Waals surface area contributed by atoms with Crippen molar-refractivity contribution in [3.8, 4) is 17.2 Å². The quantitative estimate of drug-likeness (QED) is 0.505. The van der Waals surface area contributed by atoms with Gasteiger partial charge in [-0.1, -0.05) is 31.2 Å². The normalized spacial score (nSPS) is 16.5. The molecule has 0 aliphatic carbocycles. The van der Waals surface area contributed by atoms with Crippen molar-refractivity contribution in [2.75, 3.05) is 0 Å². The van der Waals surface area contributed by atoms with Gasteiger partial charge in [-0.25, -0.2) is 0 Å². The van der Waals surface area contributed by atoms with Gasteiger partial charge in [0.2, 0.25) is 5.82 Å². The number of ether oxygens (including phenoxy) is 1. The summed E-state index contributed by atoms with van der Waals surface area (Å²) in [7, 11) is 0. The first kappa shape index (κ1) is 19.7. The zero-order valence-corrected chi connectivity index (χ0v) is 16.8. The maximum Gasteiger partial charge on any atom is 0.258 e. The van der Waals surface area contributed by atoms with E-state index in [1.807, 2.05) is 52.0 Å².